The van der Waals surface area contributed by atoms with Gasteiger partial charge in [0.25, 0.3) is 5.91 Å². The first-order valence-electron chi connectivity index (χ1n) is 9.38. The van der Waals surface area contributed by atoms with Gasteiger partial charge in [0.2, 0.25) is 0 Å². The van der Waals surface area contributed by atoms with E-state index in [1.165, 1.54) is 11.3 Å². The van der Waals surface area contributed by atoms with Crippen LogP contribution in [0.1, 0.15) is 27.9 Å². The van der Waals surface area contributed by atoms with Crippen molar-refractivity contribution in [2.45, 2.75) is 20.3 Å². The van der Waals surface area contributed by atoms with Gasteiger partial charge in [-0.2, -0.15) is 0 Å². The van der Waals surface area contributed by atoms with E-state index in [1.807, 2.05) is 69.2 Å². The van der Waals surface area contributed by atoms with Crippen molar-refractivity contribution in [3.05, 3.63) is 53.1 Å². The van der Waals surface area contributed by atoms with Crippen LogP contribution >= 0.6 is 23.7 Å². The number of methoxy groups -OCH3 is 1. The van der Waals surface area contributed by atoms with E-state index in [0.717, 1.165) is 45.6 Å². The molecule has 7 heteroatoms. The predicted molar refractivity (Wildman–Crippen MR) is 124 cm³/mol. The number of ether oxygens (including phenoxy) is 1. The van der Waals surface area contributed by atoms with Crippen LogP contribution in [0.4, 0.5) is 5.13 Å². The van der Waals surface area contributed by atoms with Gasteiger partial charge >= 0.3 is 0 Å². The molecule has 0 aliphatic heterocycles. The Kier molecular flexibility index (Phi) is 8.02. The molecule has 1 aromatic heterocycles. The SMILES string of the molecule is COc1cccc2sc(N(CCCN(C)C)C(=O)c3ccc(C)cc3C)nc12.Cl. The number of carbonyl (C=O) groups is 1. The zero-order valence-electron chi connectivity index (χ0n) is 17.6. The molecule has 29 heavy (non-hydrogen) atoms. The summed E-state index contributed by atoms with van der Waals surface area (Å²) in [7, 11) is 5.72. The Morgan fingerprint density at radius 2 is 1.90 bits per heavy atom. The molecule has 0 spiro atoms. The third kappa shape index (κ3) is 5.26. The molecule has 0 aliphatic rings. The lowest BCUT2D eigenvalue weighted by Crippen LogP contribution is -2.33. The van der Waals surface area contributed by atoms with Crippen molar-refractivity contribution in [3.63, 3.8) is 0 Å². The molecule has 1 amide bonds. The van der Waals surface area contributed by atoms with Crippen molar-refractivity contribution in [2.75, 3.05) is 39.2 Å². The Labute approximate surface area is 182 Å². The summed E-state index contributed by atoms with van der Waals surface area (Å²) in [5.41, 5.74) is 3.66. The first-order valence-corrected chi connectivity index (χ1v) is 10.2. The van der Waals surface area contributed by atoms with Gasteiger partial charge in [-0.1, -0.05) is 35.1 Å². The van der Waals surface area contributed by atoms with Crippen LogP contribution in [-0.4, -0.2) is 50.1 Å². The number of thiazole rings is 1. The van der Waals surface area contributed by atoms with E-state index in [1.54, 1.807) is 7.11 Å². The lowest BCUT2D eigenvalue weighted by Gasteiger charge is -2.22. The minimum absolute atomic E-state index is 0. The summed E-state index contributed by atoms with van der Waals surface area (Å²) in [6, 6.07) is 11.8. The summed E-state index contributed by atoms with van der Waals surface area (Å²) in [5.74, 6) is 0.724. The Morgan fingerprint density at radius 3 is 2.55 bits per heavy atom. The molecule has 5 nitrogen and oxygen atoms in total. The third-order valence-corrected chi connectivity index (χ3v) is 5.71. The number of para-hydroxylation sites is 1. The molecular formula is C22H28ClN3O2S. The number of hydrogen-bond donors (Lipinski definition) is 0. The number of fused-ring (bicyclic) bond motifs is 1. The average Bonchev–Trinajstić information content (AvgIpc) is 3.08. The fourth-order valence-electron chi connectivity index (χ4n) is 3.22. The first kappa shape index (κ1) is 23.1. The number of anilines is 1. The highest BCUT2D eigenvalue weighted by atomic mass is 35.5. The van der Waals surface area contributed by atoms with E-state index in [4.69, 9.17) is 9.72 Å². The smallest absolute Gasteiger partial charge is 0.260 e. The number of amides is 1. The second-order valence-corrected chi connectivity index (χ2v) is 8.24. The molecule has 0 saturated carbocycles. The molecule has 0 atom stereocenters. The van der Waals surface area contributed by atoms with Crippen LogP contribution in [0, 0.1) is 13.8 Å². The highest BCUT2D eigenvalue weighted by molar-refractivity contribution is 7.22. The van der Waals surface area contributed by atoms with Crippen LogP contribution in [0.25, 0.3) is 10.2 Å². The lowest BCUT2D eigenvalue weighted by atomic mass is 10.0. The molecule has 0 bridgehead atoms. The Balaban J connectivity index is 0.00000300. The minimum Gasteiger partial charge on any atom is -0.494 e. The zero-order valence-corrected chi connectivity index (χ0v) is 19.2. The van der Waals surface area contributed by atoms with E-state index < -0.39 is 0 Å². The molecule has 0 aliphatic carbocycles. The average molecular weight is 434 g/mol. The molecule has 1 heterocycles. The van der Waals surface area contributed by atoms with Gasteiger partial charge in [-0.05, 0) is 64.7 Å². The van der Waals surface area contributed by atoms with Gasteiger partial charge in [0, 0.05) is 12.1 Å². The number of aryl methyl sites for hydroxylation is 2. The molecule has 2 aromatic carbocycles. The van der Waals surface area contributed by atoms with Crippen molar-refractivity contribution in [1.82, 2.24) is 9.88 Å². The number of halogens is 1. The van der Waals surface area contributed by atoms with Crippen LogP contribution in [0.5, 0.6) is 5.75 Å². The van der Waals surface area contributed by atoms with Crippen molar-refractivity contribution in [1.29, 1.82) is 0 Å². The van der Waals surface area contributed by atoms with Crippen LogP contribution in [0.3, 0.4) is 0 Å². The quantitative estimate of drug-likeness (QED) is 0.529. The number of carbonyl (C=O) groups excluding carboxylic acids is 1. The normalized spacial score (nSPS) is 10.8. The fourth-order valence-corrected chi connectivity index (χ4v) is 4.23. The number of benzene rings is 2. The summed E-state index contributed by atoms with van der Waals surface area (Å²) < 4.78 is 6.46. The van der Waals surface area contributed by atoms with Crippen LogP contribution in [0.15, 0.2) is 36.4 Å². The first-order chi connectivity index (χ1) is 13.4. The summed E-state index contributed by atoms with van der Waals surface area (Å²) >= 11 is 1.53. The maximum absolute atomic E-state index is 13.4. The molecule has 0 fully saturated rings. The second-order valence-electron chi connectivity index (χ2n) is 7.24. The van der Waals surface area contributed by atoms with Gasteiger partial charge in [-0.3, -0.25) is 9.69 Å². The molecular weight excluding hydrogens is 406 g/mol. The molecule has 3 aromatic rings. The second kappa shape index (κ2) is 10.1. The molecule has 0 N–H and O–H groups in total. The molecule has 156 valence electrons. The van der Waals surface area contributed by atoms with Crippen LogP contribution in [0.2, 0.25) is 0 Å². The van der Waals surface area contributed by atoms with Crippen molar-refractivity contribution >= 4 is 45.0 Å². The van der Waals surface area contributed by atoms with E-state index >= 15 is 0 Å². The minimum atomic E-state index is -0.00530. The monoisotopic (exact) mass is 433 g/mol. The summed E-state index contributed by atoms with van der Waals surface area (Å²) in [6.45, 7) is 5.55. The predicted octanol–water partition coefficient (Wildman–Crippen LogP) is 4.94. The van der Waals surface area contributed by atoms with E-state index in [9.17, 15) is 4.79 Å². The van der Waals surface area contributed by atoms with Crippen molar-refractivity contribution in [2.24, 2.45) is 0 Å². The lowest BCUT2D eigenvalue weighted by molar-refractivity contribution is 0.0985. The number of nitrogens with zero attached hydrogens (tertiary/aromatic N) is 3. The molecule has 0 radical (unpaired) electrons. The maximum Gasteiger partial charge on any atom is 0.260 e. The molecule has 3 rings (SSSR count). The van der Waals surface area contributed by atoms with Gasteiger partial charge in [0.1, 0.15) is 11.3 Å². The van der Waals surface area contributed by atoms with Crippen molar-refractivity contribution < 1.29 is 9.53 Å². The van der Waals surface area contributed by atoms with Gasteiger partial charge < -0.3 is 9.64 Å². The van der Waals surface area contributed by atoms with E-state index in [2.05, 4.69) is 4.90 Å². The van der Waals surface area contributed by atoms with Crippen LogP contribution in [-0.2, 0) is 0 Å². The van der Waals surface area contributed by atoms with E-state index in [-0.39, 0.29) is 18.3 Å². The fraction of sp³-hybridized carbons (Fsp3) is 0.364. The topological polar surface area (TPSA) is 45.7 Å². The molecule has 0 saturated heterocycles. The number of hydrogen-bond acceptors (Lipinski definition) is 5. The summed E-state index contributed by atoms with van der Waals surface area (Å²) in [4.78, 5) is 22.1. The summed E-state index contributed by atoms with van der Waals surface area (Å²) in [5, 5.41) is 0.711. The van der Waals surface area contributed by atoms with Gasteiger partial charge in [0.15, 0.2) is 5.13 Å². The highest BCUT2D eigenvalue weighted by Gasteiger charge is 2.23. The number of rotatable bonds is 7. The largest absolute Gasteiger partial charge is 0.494 e. The Morgan fingerprint density at radius 1 is 1.14 bits per heavy atom. The number of aromatic nitrogens is 1. The zero-order chi connectivity index (χ0) is 20.3. The van der Waals surface area contributed by atoms with Gasteiger partial charge in [-0.15, -0.1) is 12.4 Å². The van der Waals surface area contributed by atoms with Crippen LogP contribution < -0.4 is 9.64 Å². The standard InChI is InChI=1S/C22H27N3O2S.ClH/c1-15-10-11-17(16(2)14-15)21(26)25(13-7-12-24(3)4)22-23-20-18(27-5)8-6-9-19(20)28-22;/h6,8-11,14H,7,12-13H2,1-5H3;1H. The van der Waals surface area contributed by atoms with Crippen molar-refractivity contribution in [3.8, 4) is 5.75 Å². The van der Waals surface area contributed by atoms with Gasteiger partial charge in [-0.25, -0.2) is 4.98 Å². The summed E-state index contributed by atoms with van der Waals surface area (Å²) in [6.07, 6.45) is 0.872. The highest BCUT2D eigenvalue weighted by Crippen LogP contribution is 2.34. The maximum atomic E-state index is 13.4. The Hall–Kier alpha value is -2.15. The van der Waals surface area contributed by atoms with E-state index in [0.29, 0.717) is 11.7 Å². The van der Waals surface area contributed by atoms with Gasteiger partial charge in [0.05, 0.1) is 11.8 Å². The Bertz CT molecular complexity index is 987. The third-order valence-electron chi connectivity index (χ3n) is 4.67. The molecule has 0 unspecified atom stereocenters.